The molecule has 0 radical (unpaired) electrons. The van der Waals surface area contributed by atoms with E-state index in [1.807, 2.05) is 48.0 Å². The van der Waals surface area contributed by atoms with Crippen LogP contribution in [0, 0.1) is 12.8 Å². The standard InChI is InChI=1S/C19H22N4OS/c1-13-16-11-17(18(24)21-10-8-14-7-9-20-12-14)25-19(16)23(22-13)15-5-3-2-4-6-15/h2-6,11,14,20H,7-10,12H2,1H3,(H,21,24). The number of para-hydroxylation sites is 1. The summed E-state index contributed by atoms with van der Waals surface area (Å²) in [6, 6.07) is 12.0. The van der Waals surface area contributed by atoms with E-state index < -0.39 is 0 Å². The van der Waals surface area contributed by atoms with Crippen molar-refractivity contribution in [2.75, 3.05) is 19.6 Å². The van der Waals surface area contributed by atoms with E-state index in [2.05, 4.69) is 15.7 Å². The van der Waals surface area contributed by atoms with Crippen molar-refractivity contribution in [3.8, 4) is 5.69 Å². The smallest absolute Gasteiger partial charge is 0.261 e. The van der Waals surface area contributed by atoms with Crippen LogP contribution in [0.25, 0.3) is 15.9 Å². The molecule has 1 unspecified atom stereocenters. The lowest BCUT2D eigenvalue weighted by Crippen LogP contribution is -2.25. The van der Waals surface area contributed by atoms with E-state index in [1.54, 1.807) is 0 Å². The van der Waals surface area contributed by atoms with Gasteiger partial charge in [0.25, 0.3) is 5.91 Å². The van der Waals surface area contributed by atoms with Crippen molar-refractivity contribution in [1.29, 1.82) is 0 Å². The molecule has 4 rings (SSSR count). The van der Waals surface area contributed by atoms with E-state index >= 15 is 0 Å². The summed E-state index contributed by atoms with van der Waals surface area (Å²) in [6.45, 7) is 4.90. The molecule has 3 heterocycles. The van der Waals surface area contributed by atoms with Crippen molar-refractivity contribution in [2.45, 2.75) is 19.8 Å². The molecule has 1 aliphatic rings. The monoisotopic (exact) mass is 354 g/mol. The lowest BCUT2D eigenvalue weighted by Gasteiger charge is -2.08. The summed E-state index contributed by atoms with van der Waals surface area (Å²) in [7, 11) is 0. The lowest BCUT2D eigenvalue weighted by atomic mass is 10.1. The molecule has 0 bridgehead atoms. The van der Waals surface area contributed by atoms with Crippen molar-refractivity contribution in [3.63, 3.8) is 0 Å². The minimum absolute atomic E-state index is 0.0196. The Hall–Kier alpha value is -2.18. The van der Waals surface area contributed by atoms with Gasteiger partial charge in [-0.25, -0.2) is 4.68 Å². The van der Waals surface area contributed by atoms with Gasteiger partial charge in [-0.1, -0.05) is 18.2 Å². The van der Waals surface area contributed by atoms with Crippen molar-refractivity contribution < 1.29 is 4.79 Å². The van der Waals surface area contributed by atoms with Crippen molar-refractivity contribution in [2.24, 2.45) is 5.92 Å². The summed E-state index contributed by atoms with van der Waals surface area (Å²) in [5.41, 5.74) is 1.97. The molecule has 2 N–H and O–H groups in total. The molecular formula is C19H22N4OS. The van der Waals surface area contributed by atoms with Gasteiger partial charge in [-0.15, -0.1) is 11.3 Å². The summed E-state index contributed by atoms with van der Waals surface area (Å²) >= 11 is 1.51. The lowest BCUT2D eigenvalue weighted by molar-refractivity contribution is 0.0956. The van der Waals surface area contributed by atoms with Gasteiger partial charge in [0.05, 0.1) is 16.3 Å². The Morgan fingerprint density at radius 3 is 3.00 bits per heavy atom. The number of carbonyl (C=O) groups is 1. The van der Waals surface area contributed by atoms with Crippen LogP contribution in [0.1, 0.15) is 28.2 Å². The highest BCUT2D eigenvalue weighted by atomic mass is 32.1. The second kappa shape index (κ2) is 6.98. The maximum absolute atomic E-state index is 12.5. The maximum Gasteiger partial charge on any atom is 0.261 e. The number of fused-ring (bicyclic) bond motifs is 1. The van der Waals surface area contributed by atoms with Gasteiger partial charge in [0.2, 0.25) is 0 Å². The fourth-order valence-corrected chi connectivity index (χ4v) is 4.44. The van der Waals surface area contributed by atoms with Crippen molar-refractivity contribution in [3.05, 3.63) is 47.0 Å². The molecule has 1 amide bonds. The van der Waals surface area contributed by atoms with Crippen LogP contribution in [0.3, 0.4) is 0 Å². The zero-order chi connectivity index (χ0) is 17.2. The van der Waals surface area contributed by atoms with Crippen LogP contribution in [0.15, 0.2) is 36.4 Å². The van der Waals surface area contributed by atoms with Gasteiger partial charge in [0, 0.05) is 11.9 Å². The zero-order valence-electron chi connectivity index (χ0n) is 14.3. The molecule has 0 aliphatic carbocycles. The molecule has 5 nitrogen and oxygen atoms in total. The van der Waals surface area contributed by atoms with Crippen LogP contribution in [-0.4, -0.2) is 35.3 Å². The van der Waals surface area contributed by atoms with E-state index in [9.17, 15) is 4.79 Å². The van der Waals surface area contributed by atoms with Crippen molar-refractivity contribution in [1.82, 2.24) is 20.4 Å². The summed E-state index contributed by atoms with van der Waals surface area (Å²) in [5, 5.41) is 12.1. The van der Waals surface area contributed by atoms with E-state index in [4.69, 9.17) is 0 Å². The highest BCUT2D eigenvalue weighted by Crippen LogP contribution is 2.30. The highest BCUT2D eigenvalue weighted by Gasteiger charge is 2.18. The predicted octanol–water partition coefficient (Wildman–Crippen LogP) is 3.12. The number of hydrogen-bond acceptors (Lipinski definition) is 4. The van der Waals surface area contributed by atoms with E-state index in [0.717, 1.165) is 52.5 Å². The van der Waals surface area contributed by atoms with E-state index in [0.29, 0.717) is 5.92 Å². The fourth-order valence-electron chi connectivity index (χ4n) is 3.34. The van der Waals surface area contributed by atoms with E-state index in [1.165, 1.54) is 17.8 Å². The Morgan fingerprint density at radius 2 is 2.24 bits per heavy atom. The Bertz CT molecular complexity index is 878. The maximum atomic E-state index is 12.5. The van der Waals surface area contributed by atoms with Crippen LogP contribution in [0.2, 0.25) is 0 Å². The third kappa shape index (κ3) is 3.32. The molecule has 1 aromatic carbocycles. The fraction of sp³-hybridized carbons (Fsp3) is 0.368. The van der Waals surface area contributed by atoms with E-state index in [-0.39, 0.29) is 5.91 Å². The van der Waals surface area contributed by atoms with Crippen LogP contribution in [0.4, 0.5) is 0 Å². The molecule has 1 fully saturated rings. The van der Waals surface area contributed by atoms with Crippen molar-refractivity contribution >= 4 is 27.5 Å². The Morgan fingerprint density at radius 1 is 1.40 bits per heavy atom. The molecule has 25 heavy (non-hydrogen) atoms. The molecule has 1 atom stereocenters. The van der Waals surface area contributed by atoms with Crippen LogP contribution in [-0.2, 0) is 0 Å². The molecule has 1 saturated heterocycles. The van der Waals surface area contributed by atoms with Gasteiger partial charge in [0.15, 0.2) is 0 Å². The Labute approximate surface area is 151 Å². The second-order valence-electron chi connectivity index (χ2n) is 6.57. The average molecular weight is 354 g/mol. The van der Waals surface area contributed by atoms with Gasteiger partial charge in [-0.05, 0) is 57.0 Å². The molecule has 0 saturated carbocycles. The topological polar surface area (TPSA) is 59.0 Å². The van der Waals surface area contributed by atoms with Crippen LogP contribution >= 0.6 is 11.3 Å². The number of amides is 1. The number of thiophene rings is 1. The number of nitrogens with one attached hydrogen (secondary N) is 2. The average Bonchev–Trinajstić information content (AvgIpc) is 3.34. The van der Waals surface area contributed by atoms with Gasteiger partial charge >= 0.3 is 0 Å². The predicted molar refractivity (Wildman–Crippen MR) is 102 cm³/mol. The zero-order valence-corrected chi connectivity index (χ0v) is 15.1. The second-order valence-corrected chi connectivity index (χ2v) is 7.60. The minimum Gasteiger partial charge on any atom is -0.351 e. The number of nitrogens with zero attached hydrogens (tertiary/aromatic N) is 2. The van der Waals surface area contributed by atoms with Gasteiger partial charge in [-0.3, -0.25) is 4.79 Å². The van der Waals surface area contributed by atoms with Crippen LogP contribution in [0.5, 0.6) is 0 Å². The Balaban J connectivity index is 1.51. The molecule has 0 spiro atoms. The number of carbonyl (C=O) groups excluding carboxylic acids is 1. The summed E-state index contributed by atoms with van der Waals surface area (Å²) in [5.74, 6) is 0.711. The number of hydrogen-bond donors (Lipinski definition) is 2. The number of aryl methyl sites for hydroxylation is 1. The molecule has 130 valence electrons. The first kappa shape index (κ1) is 16.3. The number of benzene rings is 1. The van der Waals surface area contributed by atoms with Crippen LogP contribution < -0.4 is 10.6 Å². The summed E-state index contributed by atoms with van der Waals surface area (Å²) in [4.78, 5) is 14.3. The molecule has 2 aromatic heterocycles. The first-order valence-corrected chi connectivity index (χ1v) is 9.57. The third-order valence-electron chi connectivity index (χ3n) is 4.77. The van der Waals surface area contributed by atoms with Gasteiger partial charge in [0.1, 0.15) is 4.83 Å². The van der Waals surface area contributed by atoms with Gasteiger partial charge < -0.3 is 10.6 Å². The molecule has 3 aromatic rings. The third-order valence-corrected chi connectivity index (χ3v) is 5.88. The Kier molecular flexibility index (Phi) is 4.55. The first-order valence-electron chi connectivity index (χ1n) is 8.76. The highest BCUT2D eigenvalue weighted by molar-refractivity contribution is 7.20. The molecular weight excluding hydrogens is 332 g/mol. The SMILES string of the molecule is Cc1nn(-c2ccccc2)c2sc(C(=O)NCCC3CCNC3)cc12. The first-order chi connectivity index (χ1) is 12.2. The van der Waals surface area contributed by atoms with Gasteiger partial charge in [-0.2, -0.15) is 5.10 Å². The minimum atomic E-state index is 0.0196. The normalized spacial score (nSPS) is 17.2. The number of aromatic nitrogens is 2. The molecule has 1 aliphatic heterocycles. The largest absolute Gasteiger partial charge is 0.351 e. The quantitative estimate of drug-likeness (QED) is 0.740. The summed E-state index contributed by atoms with van der Waals surface area (Å²) < 4.78 is 1.93. The summed E-state index contributed by atoms with van der Waals surface area (Å²) in [6.07, 6.45) is 2.26. The molecule has 6 heteroatoms. The number of rotatable bonds is 5.